The van der Waals surface area contributed by atoms with Crippen LogP contribution in [0.15, 0.2) is 0 Å². The number of carbonyl (C=O) groups is 1. The normalized spacial score (nSPS) is 24.3. The standard InChI is InChI=1S/C13H26N2O/c1-4-11-8-6-5-7-9-15(11)13(16)12(14)10(2)3/h10-12H,4-9,14H2,1-3H3/t11?,12-/m0/s1. The SMILES string of the molecule is CCC1CCCCCN1C(=O)[C@@H](N)C(C)C. The van der Waals surface area contributed by atoms with E-state index in [4.69, 9.17) is 5.73 Å². The van der Waals surface area contributed by atoms with Gasteiger partial charge in [-0.1, -0.05) is 33.6 Å². The molecule has 1 rings (SSSR count). The number of nitrogens with zero attached hydrogens (tertiary/aromatic N) is 1. The lowest BCUT2D eigenvalue weighted by atomic mass is 10.0. The molecule has 1 saturated heterocycles. The van der Waals surface area contributed by atoms with Crippen molar-refractivity contribution in [3.63, 3.8) is 0 Å². The molecule has 1 unspecified atom stereocenters. The number of carbonyl (C=O) groups excluding carboxylic acids is 1. The Hall–Kier alpha value is -0.570. The Bertz CT molecular complexity index is 228. The van der Waals surface area contributed by atoms with Crippen molar-refractivity contribution < 1.29 is 4.79 Å². The topological polar surface area (TPSA) is 46.3 Å². The van der Waals surface area contributed by atoms with Crippen LogP contribution in [-0.2, 0) is 4.79 Å². The van der Waals surface area contributed by atoms with E-state index in [1.165, 1.54) is 12.8 Å². The lowest BCUT2D eigenvalue weighted by molar-refractivity contribution is -0.135. The lowest BCUT2D eigenvalue weighted by Gasteiger charge is -2.32. The van der Waals surface area contributed by atoms with Crippen LogP contribution in [-0.4, -0.2) is 29.4 Å². The number of likely N-dealkylation sites (tertiary alicyclic amines) is 1. The highest BCUT2D eigenvalue weighted by Crippen LogP contribution is 2.20. The predicted molar refractivity (Wildman–Crippen MR) is 67.1 cm³/mol. The molecule has 1 aliphatic heterocycles. The van der Waals surface area contributed by atoms with Gasteiger partial charge in [-0.3, -0.25) is 4.79 Å². The van der Waals surface area contributed by atoms with Gasteiger partial charge in [0.15, 0.2) is 0 Å². The van der Waals surface area contributed by atoms with Crippen molar-refractivity contribution in [2.75, 3.05) is 6.54 Å². The Labute approximate surface area is 99.4 Å². The third kappa shape index (κ3) is 3.21. The number of hydrogen-bond acceptors (Lipinski definition) is 2. The second-order valence-corrected chi connectivity index (χ2v) is 5.21. The van der Waals surface area contributed by atoms with Crippen molar-refractivity contribution in [3.05, 3.63) is 0 Å². The maximum absolute atomic E-state index is 12.3. The summed E-state index contributed by atoms with van der Waals surface area (Å²) < 4.78 is 0. The first kappa shape index (κ1) is 13.5. The Morgan fingerprint density at radius 1 is 1.38 bits per heavy atom. The molecule has 1 amide bonds. The minimum Gasteiger partial charge on any atom is -0.338 e. The van der Waals surface area contributed by atoms with Crippen LogP contribution in [0.25, 0.3) is 0 Å². The summed E-state index contributed by atoms with van der Waals surface area (Å²) in [5.74, 6) is 0.386. The Morgan fingerprint density at radius 2 is 2.06 bits per heavy atom. The molecule has 0 spiro atoms. The van der Waals surface area contributed by atoms with Crippen LogP contribution in [0, 0.1) is 5.92 Å². The fourth-order valence-corrected chi connectivity index (χ4v) is 2.37. The van der Waals surface area contributed by atoms with E-state index in [0.29, 0.717) is 6.04 Å². The molecule has 0 saturated carbocycles. The van der Waals surface area contributed by atoms with Crippen LogP contribution in [0.4, 0.5) is 0 Å². The maximum atomic E-state index is 12.3. The number of hydrogen-bond donors (Lipinski definition) is 1. The molecular weight excluding hydrogens is 200 g/mol. The van der Waals surface area contributed by atoms with E-state index in [9.17, 15) is 4.79 Å². The highest BCUT2D eigenvalue weighted by Gasteiger charge is 2.28. The van der Waals surface area contributed by atoms with Crippen LogP contribution in [0.3, 0.4) is 0 Å². The van der Waals surface area contributed by atoms with Crippen LogP contribution in [0.5, 0.6) is 0 Å². The molecule has 1 aliphatic rings. The molecule has 94 valence electrons. The van der Waals surface area contributed by atoms with Gasteiger partial charge in [0.25, 0.3) is 0 Å². The predicted octanol–water partition coefficient (Wildman–Crippen LogP) is 2.15. The van der Waals surface area contributed by atoms with E-state index in [0.717, 1.165) is 25.8 Å². The number of nitrogens with two attached hydrogens (primary N) is 1. The van der Waals surface area contributed by atoms with E-state index >= 15 is 0 Å². The molecule has 0 aromatic rings. The van der Waals surface area contributed by atoms with E-state index in [-0.39, 0.29) is 17.9 Å². The summed E-state index contributed by atoms with van der Waals surface area (Å²) in [6.07, 6.45) is 5.83. The monoisotopic (exact) mass is 226 g/mol. The molecule has 1 heterocycles. The fourth-order valence-electron chi connectivity index (χ4n) is 2.37. The molecule has 2 atom stereocenters. The summed E-state index contributed by atoms with van der Waals surface area (Å²) in [5.41, 5.74) is 5.97. The average Bonchev–Trinajstić information content (AvgIpc) is 2.51. The molecule has 2 N–H and O–H groups in total. The van der Waals surface area contributed by atoms with Gasteiger partial charge < -0.3 is 10.6 Å². The summed E-state index contributed by atoms with van der Waals surface area (Å²) >= 11 is 0. The van der Waals surface area contributed by atoms with Crippen molar-refractivity contribution in [2.24, 2.45) is 11.7 Å². The summed E-state index contributed by atoms with van der Waals surface area (Å²) in [5, 5.41) is 0. The van der Waals surface area contributed by atoms with Gasteiger partial charge in [0.2, 0.25) is 5.91 Å². The zero-order valence-corrected chi connectivity index (χ0v) is 10.9. The van der Waals surface area contributed by atoms with Gasteiger partial charge in [-0.2, -0.15) is 0 Å². The number of rotatable bonds is 3. The first-order valence-electron chi connectivity index (χ1n) is 6.64. The third-order valence-corrected chi connectivity index (χ3v) is 3.63. The second-order valence-electron chi connectivity index (χ2n) is 5.21. The minimum atomic E-state index is -0.327. The third-order valence-electron chi connectivity index (χ3n) is 3.63. The summed E-state index contributed by atoms with van der Waals surface area (Å²) in [7, 11) is 0. The fraction of sp³-hybridized carbons (Fsp3) is 0.923. The van der Waals surface area contributed by atoms with Gasteiger partial charge in [-0.15, -0.1) is 0 Å². The summed E-state index contributed by atoms with van der Waals surface area (Å²) in [6.45, 7) is 7.09. The molecular formula is C13H26N2O. The minimum absolute atomic E-state index is 0.156. The van der Waals surface area contributed by atoms with Gasteiger partial charge in [0.05, 0.1) is 6.04 Å². The molecule has 0 aliphatic carbocycles. The van der Waals surface area contributed by atoms with Crippen LogP contribution in [0.1, 0.15) is 52.9 Å². The first-order chi connectivity index (χ1) is 7.57. The maximum Gasteiger partial charge on any atom is 0.239 e. The van der Waals surface area contributed by atoms with Gasteiger partial charge >= 0.3 is 0 Å². The molecule has 0 bridgehead atoms. The first-order valence-corrected chi connectivity index (χ1v) is 6.64. The molecule has 0 radical (unpaired) electrons. The van der Waals surface area contributed by atoms with Crippen molar-refractivity contribution in [1.82, 2.24) is 4.90 Å². The summed E-state index contributed by atoms with van der Waals surface area (Å²) in [6, 6.07) is 0.0898. The van der Waals surface area contributed by atoms with E-state index in [1.54, 1.807) is 0 Å². The highest BCUT2D eigenvalue weighted by atomic mass is 16.2. The molecule has 0 aromatic heterocycles. The van der Waals surface area contributed by atoms with E-state index in [2.05, 4.69) is 6.92 Å². The zero-order chi connectivity index (χ0) is 12.1. The molecule has 3 heteroatoms. The second kappa shape index (κ2) is 6.24. The van der Waals surface area contributed by atoms with Crippen LogP contribution < -0.4 is 5.73 Å². The van der Waals surface area contributed by atoms with Gasteiger partial charge in [0, 0.05) is 12.6 Å². The molecule has 16 heavy (non-hydrogen) atoms. The zero-order valence-electron chi connectivity index (χ0n) is 10.9. The quantitative estimate of drug-likeness (QED) is 0.801. The Kier molecular flexibility index (Phi) is 5.26. The van der Waals surface area contributed by atoms with E-state index in [1.807, 2.05) is 18.7 Å². The summed E-state index contributed by atoms with van der Waals surface area (Å²) in [4.78, 5) is 14.3. The lowest BCUT2D eigenvalue weighted by Crippen LogP contribution is -2.50. The van der Waals surface area contributed by atoms with Crippen LogP contribution in [0.2, 0.25) is 0 Å². The average molecular weight is 226 g/mol. The van der Waals surface area contributed by atoms with Gasteiger partial charge in [-0.05, 0) is 25.2 Å². The largest absolute Gasteiger partial charge is 0.338 e. The highest BCUT2D eigenvalue weighted by molar-refractivity contribution is 5.82. The van der Waals surface area contributed by atoms with Gasteiger partial charge in [0.1, 0.15) is 0 Å². The molecule has 3 nitrogen and oxygen atoms in total. The van der Waals surface area contributed by atoms with Crippen molar-refractivity contribution in [3.8, 4) is 0 Å². The van der Waals surface area contributed by atoms with Crippen LogP contribution >= 0.6 is 0 Å². The molecule has 1 fully saturated rings. The Balaban J connectivity index is 2.69. The van der Waals surface area contributed by atoms with Crippen molar-refractivity contribution >= 4 is 5.91 Å². The molecule has 0 aromatic carbocycles. The smallest absolute Gasteiger partial charge is 0.239 e. The Morgan fingerprint density at radius 3 is 2.62 bits per heavy atom. The van der Waals surface area contributed by atoms with E-state index < -0.39 is 0 Å². The van der Waals surface area contributed by atoms with Gasteiger partial charge in [-0.25, -0.2) is 0 Å². The number of amides is 1. The van der Waals surface area contributed by atoms with Crippen molar-refractivity contribution in [2.45, 2.75) is 65.0 Å². The van der Waals surface area contributed by atoms with Crippen molar-refractivity contribution in [1.29, 1.82) is 0 Å².